The van der Waals surface area contributed by atoms with Gasteiger partial charge in [0, 0.05) is 5.02 Å². The maximum absolute atomic E-state index is 5.89. The van der Waals surface area contributed by atoms with Gasteiger partial charge in [-0.05, 0) is 30.7 Å². The van der Waals surface area contributed by atoms with Gasteiger partial charge in [0.15, 0.2) is 6.61 Å². The third-order valence-corrected chi connectivity index (χ3v) is 2.31. The molecule has 1 aromatic carbocycles. The normalized spacial score (nSPS) is 10.3. The molecule has 1 aromatic heterocycles. The quantitative estimate of drug-likeness (QED) is 0.863. The zero-order valence-electron chi connectivity index (χ0n) is 8.07. The Kier molecular flexibility index (Phi) is 2.82. The van der Waals surface area contributed by atoms with E-state index in [1.165, 1.54) is 0 Å². The molecule has 15 heavy (non-hydrogen) atoms. The molecular formula is C9H9ClN4O. The molecule has 0 fully saturated rings. The van der Waals surface area contributed by atoms with Gasteiger partial charge in [-0.1, -0.05) is 16.8 Å². The van der Waals surface area contributed by atoms with Crippen molar-refractivity contribution in [1.82, 2.24) is 20.6 Å². The molecule has 6 heteroatoms. The predicted octanol–water partition coefficient (Wildman–Crippen LogP) is 1.74. The van der Waals surface area contributed by atoms with Gasteiger partial charge >= 0.3 is 0 Å². The van der Waals surface area contributed by atoms with Crippen molar-refractivity contribution < 1.29 is 4.74 Å². The molecule has 0 spiro atoms. The fraction of sp³-hybridized carbons (Fsp3) is 0.222. The van der Waals surface area contributed by atoms with Gasteiger partial charge in [-0.25, -0.2) is 0 Å². The van der Waals surface area contributed by atoms with Gasteiger partial charge < -0.3 is 4.74 Å². The van der Waals surface area contributed by atoms with Gasteiger partial charge in [-0.15, -0.1) is 10.2 Å². The average molecular weight is 225 g/mol. The number of tetrazole rings is 1. The molecule has 2 aromatic rings. The Balaban J connectivity index is 2.02. The number of aromatic amines is 1. The van der Waals surface area contributed by atoms with E-state index in [-0.39, 0.29) is 6.61 Å². The molecule has 0 aliphatic carbocycles. The van der Waals surface area contributed by atoms with Gasteiger partial charge in [0.1, 0.15) is 5.75 Å². The van der Waals surface area contributed by atoms with Crippen molar-refractivity contribution in [1.29, 1.82) is 0 Å². The van der Waals surface area contributed by atoms with Crippen molar-refractivity contribution in [2.75, 3.05) is 0 Å². The summed E-state index contributed by atoms with van der Waals surface area (Å²) in [5.41, 5.74) is 0.974. The van der Waals surface area contributed by atoms with Crippen LogP contribution >= 0.6 is 11.6 Å². The van der Waals surface area contributed by atoms with Crippen LogP contribution in [-0.2, 0) is 6.61 Å². The predicted molar refractivity (Wildman–Crippen MR) is 54.7 cm³/mol. The lowest BCUT2D eigenvalue weighted by atomic mass is 10.2. The number of ether oxygens (including phenoxy) is 1. The van der Waals surface area contributed by atoms with Crippen molar-refractivity contribution in [2.45, 2.75) is 13.5 Å². The van der Waals surface area contributed by atoms with E-state index in [0.717, 1.165) is 16.3 Å². The second-order valence-electron chi connectivity index (χ2n) is 3.03. The molecule has 0 saturated carbocycles. The van der Waals surface area contributed by atoms with Gasteiger partial charge in [-0.3, -0.25) is 0 Å². The number of hydrogen-bond donors (Lipinski definition) is 1. The average Bonchev–Trinajstić information content (AvgIpc) is 2.73. The number of rotatable bonds is 3. The number of aromatic nitrogens is 4. The number of benzene rings is 1. The first-order valence-electron chi connectivity index (χ1n) is 4.37. The number of halogens is 1. The lowest BCUT2D eigenvalue weighted by Gasteiger charge is -2.04. The fourth-order valence-electron chi connectivity index (χ4n) is 1.10. The molecule has 0 saturated heterocycles. The van der Waals surface area contributed by atoms with Gasteiger partial charge in [-0.2, -0.15) is 5.21 Å². The van der Waals surface area contributed by atoms with Crippen LogP contribution in [0.15, 0.2) is 18.2 Å². The number of H-pyrrole nitrogens is 1. The van der Waals surface area contributed by atoms with Crippen molar-refractivity contribution in [3.63, 3.8) is 0 Å². The van der Waals surface area contributed by atoms with Crippen LogP contribution < -0.4 is 4.74 Å². The Morgan fingerprint density at radius 3 is 3.00 bits per heavy atom. The SMILES string of the molecule is Cc1cc(OCc2nn[nH]n2)ccc1Cl. The number of nitrogens with one attached hydrogen (secondary N) is 1. The fourth-order valence-corrected chi connectivity index (χ4v) is 1.22. The van der Waals surface area contributed by atoms with E-state index in [2.05, 4.69) is 20.6 Å². The van der Waals surface area contributed by atoms with E-state index >= 15 is 0 Å². The molecule has 78 valence electrons. The van der Waals surface area contributed by atoms with E-state index in [1.54, 1.807) is 12.1 Å². The van der Waals surface area contributed by atoms with Crippen LogP contribution in [0, 0.1) is 6.92 Å². The maximum atomic E-state index is 5.89. The molecule has 0 aliphatic heterocycles. The third-order valence-electron chi connectivity index (χ3n) is 1.89. The summed E-state index contributed by atoms with van der Waals surface area (Å²) in [6, 6.07) is 5.46. The van der Waals surface area contributed by atoms with Crippen LogP contribution in [0.25, 0.3) is 0 Å². The summed E-state index contributed by atoms with van der Waals surface area (Å²) in [6.45, 7) is 2.21. The molecule has 0 atom stereocenters. The topological polar surface area (TPSA) is 63.7 Å². The Morgan fingerprint density at radius 1 is 1.47 bits per heavy atom. The Labute approximate surface area is 91.4 Å². The summed E-state index contributed by atoms with van der Waals surface area (Å²) in [6.07, 6.45) is 0. The lowest BCUT2D eigenvalue weighted by Crippen LogP contribution is -1.97. The highest BCUT2D eigenvalue weighted by molar-refractivity contribution is 6.31. The molecule has 2 rings (SSSR count). The molecule has 0 amide bonds. The minimum Gasteiger partial charge on any atom is -0.485 e. The molecule has 5 nitrogen and oxygen atoms in total. The largest absolute Gasteiger partial charge is 0.485 e. The molecule has 0 aliphatic rings. The van der Waals surface area contributed by atoms with E-state index < -0.39 is 0 Å². The molecular weight excluding hydrogens is 216 g/mol. The Morgan fingerprint density at radius 2 is 2.33 bits per heavy atom. The lowest BCUT2D eigenvalue weighted by molar-refractivity contribution is 0.296. The van der Waals surface area contributed by atoms with Crippen LogP contribution in [0.1, 0.15) is 11.4 Å². The molecule has 0 radical (unpaired) electrons. The zero-order valence-corrected chi connectivity index (χ0v) is 8.82. The highest BCUT2D eigenvalue weighted by Crippen LogP contribution is 2.21. The van der Waals surface area contributed by atoms with Gasteiger partial charge in [0.25, 0.3) is 0 Å². The summed E-state index contributed by atoms with van der Waals surface area (Å²) >= 11 is 5.89. The van der Waals surface area contributed by atoms with Crippen LogP contribution in [0.3, 0.4) is 0 Å². The second kappa shape index (κ2) is 4.27. The number of aryl methyl sites for hydroxylation is 1. The first-order chi connectivity index (χ1) is 7.25. The van der Waals surface area contributed by atoms with E-state index in [9.17, 15) is 0 Å². The first-order valence-corrected chi connectivity index (χ1v) is 4.75. The molecule has 0 unspecified atom stereocenters. The highest BCUT2D eigenvalue weighted by atomic mass is 35.5. The molecule has 0 bridgehead atoms. The first kappa shape index (κ1) is 9.92. The second-order valence-corrected chi connectivity index (χ2v) is 3.43. The summed E-state index contributed by atoms with van der Waals surface area (Å²) in [5.74, 6) is 1.25. The minimum atomic E-state index is 0.289. The van der Waals surface area contributed by atoms with Crippen molar-refractivity contribution in [3.8, 4) is 5.75 Å². The summed E-state index contributed by atoms with van der Waals surface area (Å²) in [7, 11) is 0. The Bertz CT molecular complexity index is 443. The van der Waals surface area contributed by atoms with E-state index in [1.807, 2.05) is 13.0 Å². The summed E-state index contributed by atoms with van der Waals surface area (Å²) in [4.78, 5) is 0. The summed E-state index contributed by atoms with van der Waals surface area (Å²) in [5, 5.41) is 14.1. The third kappa shape index (κ3) is 2.44. The van der Waals surface area contributed by atoms with E-state index in [4.69, 9.17) is 16.3 Å². The zero-order chi connectivity index (χ0) is 10.7. The monoisotopic (exact) mass is 224 g/mol. The number of hydrogen-bond acceptors (Lipinski definition) is 4. The van der Waals surface area contributed by atoms with Gasteiger partial charge in [0.2, 0.25) is 5.82 Å². The van der Waals surface area contributed by atoms with Crippen LogP contribution in [0.5, 0.6) is 5.75 Å². The smallest absolute Gasteiger partial charge is 0.211 e. The highest BCUT2D eigenvalue weighted by Gasteiger charge is 2.01. The van der Waals surface area contributed by atoms with Crippen LogP contribution in [0.4, 0.5) is 0 Å². The van der Waals surface area contributed by atoms with Crippen molar-refractivity contribution in [3.05, 3.63) is 34.6 Å². The minimum absolute atomic E-state index is 0.289. The molecule has 1 heterocycles. The Hall–Kier alpha value is -1.62. The van der Waals surface area contributed by atoms with Gasteiger partial charge in [0.05, 0.1) is 0 Å². The van der Waals surface area contributed by atoms with Crippen molar-refractivity contribution in [2.24, 2.45) is 0 Å². The maximum Gasteiger partial charge on any atom is 0.211 e. The van der Waals surface area contributed by atoms with E-state index in [0.29, 0.717) is 5.82 Å². The molecule has 1 N–H and O–H groups in total. The standard InChI is InChI=1S/C9H9ClN4O/c1-6-4-7(2-3-8(6)10)15-5-9-11-13-14-12-9/h2-4H,5H2,1H3,(H,11,12,13,14). The summed E-state index contributed by atoms with van der Waals surface area (Å²) < 4.78 is 5.44. The number of nitrogens with zero attached hydrogens (tertiary/aromatic N) is 3. The van der Waals surface area contributed by atoms with Crippen molar-refractivity contribution >= 4 is 11.6 Å². The van der Waals surface area contributed by atoms with Crippen LogP contribution in [-0.4, -0.2) is 20.6 Å². The van der Waals surface area contributed by atoms with Crippen LogP contribution in [0.2, 0.25) is 5.02 Å².